The summed E-state index contributed by atoms with van der Waals surface area (Å²) in [6, 6.07) is 0. The molecule has 0 N–H and O–H groups in total. The highest BCUT2D eigenvalue weighted by Gasteiger charge is 2.11. The van der Waals surface area contributed by atoms with Gasteiger partial charge in [0.1, 0.15) is 0 Å². The fraction of sp³-hybridized carbons (Fsp3) is 0.600. The van der Waals surface area contributed by atoms with Crippen molar-refractivity contribution in [3.05, 3.63) is 9.66 Å². The Kier molecular flexibility index (Phi) is 2.40. The van der Waals surface area contributed by atoms with Gasteiger partial charge in [-0.2, -0.15) is 0 Å². The van der Waals surface area contributed by atoms with Crippen LogP contribution in [-0.2, 0) is 0 Å². The topological polar surface area (TPSA) is 0 Å². The van der Waals surface area contributed by atoms with Gasteiger partial charge >= 0.3 is 0 Å². The van der Waals surface area contributed by atoms with Crippen LogP contribution in [0.25, 0.3) is 0 Å². The number of halogens is 2. The van der Waals surface area contributed by atoms with E-state index in [9.17, 15) is 0 Å². The highest BCUT2D eigenvalue weighted by atomic mass is 127. The average Bonchev–Trinajstić information content (AvgIpc) is 1.91. The zero-order valence-electron chi connectivity index (χ0n) is 3.82. The first kappa shape index (κ1) is 6.32. The van der Waals surface area contributed by atoms with E-state index >= 15 is 0 Å². The maximum Gasteiger partial charge on any atom is 0.0417 e. The summed E-state index contributed by atoms with van der Waals surface area (Å²) >= 11 is 4.89. The molecule has 1 aliphatic rings. The normalized spacial score (nSPS) is 30.6. The molecule has 1 aliphatic carbocycles. The first-order valence-electron chi connectivity index (χ1n) is 2.30. The van der Waals surface area contributed by atoms with E-state index in [0.717, 1.165) is 3.92 Å². The van der Waals surface area contributed by atoms with Crippen LogP contribution in [0.4, 0.5) is 0 Å². The SMILES string of the molecule is IC1=CCCC1I. The maximum atomic E-state index is 2.48. The van der Waals surface area contributed by atoms with E-state index in [4.69, 9.17) is 0 Å². The van der Waals surface area contributed by atoms with E-state index in [0.29, 0.717) is 0 Å². The molecular formula is C5H6I2. The number of rotatable bonds is 0. The van der Waals surface area contributed by atoms with Gasteiger partial charge in [0.25, 0.3) is 0 Å². The summed E-state index contributed by atoms with van der Waals surface area (Å²) < 4.78 is 2.37. The molecule has 2 heteroatoms. The predicted octanol–water partition coefficient (Wildman–Crippen LogP) is 2.90. The summed E-state index contributed by atoms with van der Waals surface area (Å²) in [5, 5.41) is 0. The molecule has 7 heavy (non-hydrogen) atoms. The van der Waals surface area contributed by atoms with Crippen molar-refractivity contribution < 1.29 is 0 Å². The van der Waals surface area contributed by atoms with Crippen LogP contribution in [-0.4, -0.2) is 3.92 Å². The van der Waals surface area contributed by atoms with Crippen molar-refractivity contribution in [1.29, 1.82) is 0 Å². The van der Waals surface area contributed by atoms with E-state index in [1.54, 1.807) is 3.58 Å². The van der Waals surface area contributed by atoms with Crippen LogP contribution >= 0.6 is 45.2 Å². The van der Waals surface area contributed by atoms with Crippen LogP contribution in [0.1, 0.15) is 12.8 Å². The minimum atomic E-state index is 0.832. The Morgan fingerprint density at radius 2 is 2.43 bits per heavy atom. The van der Waals surface area contributed by atoms with Gasteiger partial charge in [0.2, 0.25) is 0 Å². The largest absolute Gasteiger partial charge is 0.0769 e. The fourth-order valence-corrected chi connectivity index (χ4v) is 1.87. The number of hydrogen-bond donors (Lipinski definition) is 0. The molecule has 0 spiro atoms. The van der Waals surface area contributed by atoms with Crippen molar-refractivity contribution in [2.45, 2.75) is 16.8 Å². The summed E-state index contributed by atoms with van der Waals surface area (Å²) in [6.45, 7) is 0. The van der Waals surface area contributed by atoms with Gasteiger partial charge < -0.3 is 0 Å². The van der Waals surface area contributed by atoms with E-state index in [-0.39, 0.29) is 0 Å². The van der Waals surface area contributed by atoms with Crippen LogP contribution in [0.2, 0.25) is 0 Å². The molecule has 0 aromatic heterocycles. The third-order valence-electron chi connectivity index (χ3n) is 1.06. The van der Waals surface area contributed by atoms with E-state index in [1.165, 1.54) is 12.8 Å². The minimum absolute atomic E-state index is 0.832. The van der Waals surface area contributed by atoms with Crippen LogP contribution in [0, 0.1) is 0 Å². The van der Waals surface area contributed by atoms with Gasteiger partial charge in [-0.05, 0) is 39.0 Å². The molecule has 0 amide bonds. The molecule has 0 saturated heterocycles. The number of hydrogen-bond acceptors (Lipinski definition) is 0. The third-order valence-corrected chi connectivity index (χ3v) is 4.74. The lowest BCUT2D eigenvalue weighted by Gasteiger charge is -1.94. The molecule has 40 valence electrons. The molecule has 0 aliphatic heterocycles. The molecular weight excluding hydrogens is 314 g/mol. The molecule has 0 nitrogen and oxygen atoms in total. The smallest absolute Gasteiger partial charge is 0.0417 e. The third kappa shape index (κ3) is 1.55. The van der Waals surface area contributed by atoms with Gasteiger partial charge in [-0.3, -0.25) is 0 Å². The van der Waals surface area contributed by atoms with Crippen LogP contribution in [0.5, 0.6) is 0 Å². The van der Waals surface area contributed by atoms with Gasteiger partial charge in [-0.1, -0.05) is 28.7 Å². The molecule has 1 unspecified atom stereocenters. The molecule has 0 radical (unpaired) electrons. The van der Waals surface area contributed by atoms with Gasteiger partial charge in [0.05, 0.1) is 0 Å². The monoisotopic (exact) mass is 320 g/mol. The highest BCUT2D eigenvalue weighted by molar-refractivity contribution is 14.1. The standard InChI is InChI=1S/C5H6I2/c6-4-2-1-3-5(4)7/h2,5H,1,3H2. The lowest BCUT2D eigenvalue weighted by atomic mass is 10.4. The van der Waals surface area contributed by atoms with Crippen molar-refractivity contribution in [2.75, 3.05) is 0 Å². The zero-order valence-corrected chi connectivity index (χ0v) is 8.14. The first-order valence-corrected chi connectivity index (χ1v) is 4.63. The summed E-state index contributed by atoms with van der Waals surface area (Å²) in [6.07, 6.45) is 4.97. The Morgan fingerprint density at radius 3 is 2.57 bits per heavy atom. The summed E-state index contributed by atoms with van der Waals surface area (Å²) in [4.78, 5) is 0. The summed E-state index contributed by atoms with van der Waals surface area (Å²) in [5.74, 6) is 0. The lowest BCUT2D eigenvalue weighted by Crippen LogP contribution is -1.85. The average molecular weight is 320 g/mol. The number of allylic oxidation sites excluding steroid dienone is 2. The molecule has 1 atom stereocenters. The van der Waals surface area contributed by atoms with E-state index in [2.05, 4.69) is 51.3 Å². The molecule has 0 fully saturated rings. The van der Waals surface area contributed by atoms with Crippen molar-refractivity contribution in [2.24, 2.45) is 0 Å². The molecule has 0 aromatic carbocycles. The second kappa shape index (κ2) is 2.66. The Bertz CT molecular complexity index is 96.3. The molecule has 0 saturated carbocycles. The van der Waals surface area contributed by atoms with E-state index in [1.807, 2.05) is 0 Å². The second-order valence-corrected chi connectivity index (χ2v) is 4.38. The van der Waals surface area contributed by atoms with Crippen LogP contribution in [0.15, 0.2) is 9.66 Å². The van der Waals surface area contributed by atoms with Crippen molar-refractivity contribution >= 4 is 45.2 Å². The van der Waals surface area contributed by atoms with Gasteiger partial charge in [-0.25, -0.2) is 0 Å². The van der Waals surface area contributed by atoms with Crippen molar-refractivity contribution in [1.82, 2.24) is 0 Å². The van der Waals surface area contributed by atoms with Gasteiger partial charge in [-0.15, -0.1) is 0 Å². The molecule has 0 bridgehead atoms. The summed E-state index contributed by atoms with van der Waals surface area (Å²) in [5.41, 5.74) is 0. The number of alkyl halides is 1. The van der Waals surface area contributed by atoms with Gasteiger partial charge in [0.15, 0.2) is 0 Å². The fourth-order valence-electron chi connectivity index (χ4n) is 0.633. The second-order valence-electron chi connectivity index (χ2n) is 1.63. The van der Waals surface area contributed by atoms with Crippen LogP contribution in [0.3, 0.4) is 0 Å². The minimum Gasteiger partial charge on any atom is -0.0769 e. The zero-order chi connectivity index (χ0) is 5.28. The first-order chi connectivity index (χ1) is 3.30. The van der Waals surface area contributed by atoms with E-state index < -0.39 is 0 Å². The van der Waals surface area contributed by atoms with Gasteiger partial charge in [0, 0.05) is 3.92 Å². The van der Waals surface area contributed by atoms with Crippen molar-refractivity contribution in [3.8, 4) is 0 Å². The Balaban J connectivity index is 2.54. The Hall–Kier alpha value is 1.20. The predicted molar refractivity (Wildman–Crippen MR) is 49.1 cm³/mol. The summed E-state index contributed by atoms with van der Waals surface area (Å²) in [7, 11) is 0. The Labute approximate surface area is 71.0 Å². The molecule has 1 rings (SSSR count). The van der Waals surface area contributed by atoms with Crippen molar-refractivity contribution in [3.63, 3.8) is 0 Å². The van der Waals surface area contributed by atoms with Crippen LogP contribution < -0.4 is 0 Å². The molecule has 0 heterocycles. The quantitative estimate of drug-likeness (QED) is 0.476. The maximum absolute atomic E-state index is 2.48. The molecule has 0 aromatic rings. The highest BCUT2D eigenvalue weighted by Crippen LogP contribution is 2.30. The Morgan fingerprint density at radius 1 is 1.71 bits per heavy atom. The lowest BCUT2D eigenvalue weighted by molar-refractivity contribution is 0.965.